The monoisotopic (exact) mass is 346 g/mol. The zero-order chi connectivity index (χ0) is 18.2. The molecule has 1 saturated carbocycles. The third-order valence-corrected chi connectivity index (χ3v) is 4.99. The van der Waals surface area contributed by atoms with E-state index in [1.807, 2.05) is 0 Å². The van der Waals surface area contributed by atoms with Gasteiger partial charge in [-0.25, -0.2) is 4.79 Å². The fraction of sp³-hybridized carbons (Fsp3) is 0.600. The van der Waals surface area contributed by atoms with Crippen LogP contribution in [-0.4, -0.2) is 29.7 Å². The Balaban J connectivity index is 1.60. The van der Waals surface area contributed by atoms with Crippen molar-refractivity contribution >= 4 is 12.0 Å². The Labute approximate surface area is 150 Å². The standard InChI is InChI=1S/C20H30N2O3/c1-14(2)16-7-5-15(6-8-16)4-3-13-21-20(25)22-18-11-9-17(10-12-18)19(23)24/h5-8,14,17-18H,3-4,9-13H2,1-2H3,(H,23,24)(H2,21,22,25). The molecule has 1 aromatic rings. The number of aliphatic carboxylic acids is 1. The third-order valence-electron chi connectivity index (χ3n) is 4.99. The number of urea groups is 1. The van der Waals surface area contributed by atoms with E-state index in [9.17, 15) is 9.59 Å². The molecule has 0 atom stereocenters. The second-order valence-corrected chi connectivity index (χ2v) is 7.29. The first-order valence-corrected chi connectivity index (χ1v) is 9.31. The second kappa shape index (κ2) is 9.44. The lowest BCUT2D eigenvalue weighted by atomic mass is 9.86. The van der Waals surface area contributed by atoms with Crippen LogP contribution in [0.5, 0.6) is 0 Å². The SMILES string of the molecule is CC(C)c1ccc(CCCNC(=O)NC2CCC(C(=O)O)CC2)cc1. The topological polar surface area (TPSA) is 78.4 Å². The Morgan fingerprint density at radius 1 is 1.12 bits per heavy atom. The lowest BCUT2D eigenvalue weighted by molar-refractivity contribution is -0.142. The summed E-state index contributed by atoms with van der Waals surface area (Å²) in [6.07, 6.45) is 4.63. The molecule has 0 radical (unpaired) electrons. The minimum absolute atomic E-state index is 0.0965. The molecule has 25 heavy (non-hydrogen) atoms. The first-order valence-electron chi connectivity index (χ1n) is 9.31. The van der Waals surface area contributed by atoms with Gasteiger partial charge in [-0.15, -0.1) is 0 Å². The van der Waals surface area contributed by atoms with E-state index in [2.05, 4.69) is 48.7 Å². The minimum Gasteiger partial charge on any atom is -0.481 e. The van der Waals surface area contributed by atoms with Gasteiger partial charge in [0.15, 0.2) is 0 Å². The van der Waals surface area contributed by atoms with Crippen LogP contribution >= 0.6 is 0 Å². The zero-order valence-corrected chi connectivity index (χ0v) is 15.3. The van der Waals surface area contributed by atoms with E-state index in [-0.39, 0.29) is 18.0 Å². The van der Waals surface area contributed by atoms with Crippen molar-refractivity contribution < 1.29 is 14.7 Å². The third kappa shape index (κ3) is 6.40. The van der Waals surface area contributed by atoms with Gasteiger partial charge in [0, 0.05) is 12.6 Å². The second-order valence-electron chi connectivity index (χ2n) is 7.29. The van der Waals surface area contributed by atoms with Gasteiger partial charge in [0.05, 0.1) is 5.92 Å². The Morgan fingerprint density at radius 2 is 1.76 bits per heavy atom. The van der Waals surface area contributed by atoms with E-state index in [1.54, 1.807) is 0 Å². The first kappa shape index (κ1) is 19.3. The van der Waals surface area contributed by atoms with Crippen LogP contribution in [0.25, 0.3) is 0 Å². The molecule has 0 aliphatic heterocycles. The minimum atomic E-state index is -0.718. The highest BCUT2D eigenvalue weighted by Crippen LogP contribution is 2.24. The quantitative estimate of drug-likeness (QED) is 0.659. The number of benzene rings is 1. The first-order chi connectivity index (χ1) is 12.0. The van der Waals surface area contributed by atoms with Crippen LogP contribution in [0.3, 0.4) is 0 Å². The van der Waals surface area contributed by atoms with Gasteiger partial charge < -0.3 is 15.7 Å². The van der Waals surface area contributed by atoms with Gasteiger partial charge >= 0.3 is 12.0 Å². The van der Waals surface area contributed by atoms with Crippen LogP contribution in [0.4, 0.5) is 4.79 Å². The van der Waals surface area contributed by atoms with Gasteiger partial charge in [0.1, 0.15) is 0 Å². The van der Waals surface area contributed by atoms with Crippen LogP contribution in [0.2, 0.25) is 0 Å². The van der Waals surface area contributed by atoms with Crippen molar-refractivity contribution in [2.75, 3.05) is 6.54 Å². The van der Waals surface area contributed by atoms with Gasteiger partial charge in [0.25, 0.3) is 0 Å². The number of rotatable bonds is 7. The molecular weight excluding hydrogens is 316 g/mol. The summed E-state index contributed by atoms with van der Waals surface area (Å²) in [6.45, 7) is 5.01. The molecule has 2 amide bonds. The smallest absolute Gasteiger partial charge is 0.315 e. The predicted octanol–water partition coefficient (Wildman–Crippen LogP) is 3.69. The van der Waals surface area contributed by atoms with Crippen molar-refractivity contribution in [2.24, 2.45) is 5.92 Å². The lowest BCUT2D eigenvalue weighted by Crippen LogP contribution is -2.44. The van der Waals surface area contributed by atoms with Crippen molar-refractivity contribution in [1.29, 1.82) is 0 Å². The summed E-state index contributed by atoms with van der Waals surface area (Å²) in [6, 6.07) is 8.63. The summed E-state index contributed by atoms with van der Waals surface area (Å²) in [5.74, 6) is -0.419. The van der Waals surface area contributed by atoms with Crippen molar-refractivity contribution in [2.45, 2.75) is 64.3 Å². The van der Waals surface area contributed by atoms with Crippen molar-refractivity contribution in [3.63, 3.8) is 0 Å². The molecule has 0 saturated heterocycles. The van der Waals surface area contributed by atoms with E-state index in [0.29, 0.717) is 25.3 Å². The Hall–Kier alpha value is -2.04. The van der Waals surface area contributed by atoms with Crippen molar-refractivity contribution in [3.05, 3.63) is 35.4 Å². The number of carbonyl (C=O) groups excluding carboxylic acids is 1. The van der Waals surface area contributed by atoms with E-state index >= 15 is 0 Å². The summed E-state index contributed by atoms with van der Waals surface area (Å²) in [5.41, 5.74) is 2.64. The number of aryl methyl sites for hydroxylation is 1. The Morgan fingerprint density at radius 3 is 2.32 bits per heavy atom. The normalized spacial score (nSPS) is 20.3. The van der Waals surface area contributed by atoms with E-state index in [4.69, 9.17) is 5.11 Å². The molecule has 0 unspecified atom stereocenters. The summed E-state index contributed by atoms with van der Waals surface area (Å²) >= 11 is 0. The largest absolute Gasteiger partial charge is 0.481 e. The molecule has 0 aromatic heterocycles. The maximum Gasteiger partial charge on any atom is 0.315 e. The molecule has 0 spiro atoms. The molecule has 1 aliphatic rings. The lowest BCUT2D eigenvalue weighted by Gasteiger charge is -2.26. The summed E-state index contributed by atoms with van der Waals surface area (Å²) < 4.78 is 0. The molecule has 2 rings (SSSR count). The maximum absolute atomic E-state index is 11.9. The number of hydrogen-bond donors (Lipinski definition) is 3. The van der Waals surface area contributed by atoms with Gasteiger partial charge in [0.2, 0.25) is 0 Å². The van der Waals surface area contributed by atoms with Crippen LogP contribution in [0.15, 0.2) is 24.3 Å². The number of hydrogen-bond acceptors (Lipinski definition) is 2. The maximum atomic E-state index is 11.9. The van der Waals surface area contributed by atoms with Gasteiger partial charge in [-0.2, -0.15) is 0 Å². The van der Waals surface area contributed by atoms with E-state index in [1.165, 1.54) is 11.1 Å². The Bertz CT molecular complexity index is 561. The highest BCUT2D eigenvalue weighted by atomic mass is 16.4. The Kier molecular flexibility index (Phi) is 7.29. The number of carbonyl (C=O) groups is 2. The summed E-state index contributed by atoms with van der Waals surface area (Å²) in [4.78, 5) is 22.8. The molecule has 1 fully saturated rings. The van der Waals surface area contributed by atoms with Gasteiger partial charge in [-0.3, -0.25) is 4.79 Å². The zero-order valence-electron chi connectivity index (χ0n) is 15.3. The summed E-state index contributed by atoms with van der Waals surface area (Å²) in [5, 5.41) is 14.8. The average Bonchev–Trinajstić information content (AvgIpc) is 2.59. The fourth-order valence-electron chi connectivity index (χ4n) is 3.28. The van der Waals surface area contributed by atoms with Gasteiger partial charge in [-0.1, -0.05) is 38.1 Å². The molecule has 5 heteroatoms. The number of nitrogens with one attached hydrogen (secondary N) is 2. The molecule has 1 aromatic carbocycles. The number of amides is 2. The molecule has 5 nitrogen and oxygen atoms in total. The fourth-order valence-corrected chi connectivity index (χ4v) is 3.28. The molecule has 3 N–H and O–H groups in total. The average molecular weight is 346 g/mol. The molecule has 0 heterocycles. The highest BCUT2D eigenvalue weighted by molar-refractivity contribution is 5.74. The molecule has 1 aliphatic carbocycles. The summed E-state index contributed by atoms with van der Waals surface area (Å²) in [7, 11) is 0. The van der Waals surface area contributed by atoms with E-state index < -0.39 is 5.97 Å². The molecule has 0 bridgehead atoms. The van der Waals surface area contributed by atoms with Crippen LogP contribution in [0, 0.1) is 5.92 Å². The molecule has 138 valence electrons. The van der Waals surface area contributed by atoms with Crippen molar-refractivity contribution in [3.8, 4) is 0 Å². The number of carboxylic acid groups (broad SMARTS) is 1. The van der Waals surface area contributed by atoms with Crippen LogP contribution < -0.4 is 10.6 Å². The predicted molar refractivity (Wildman–Crippen MR) is 98.8 cm³/mol. The molecular formula is C20H30N2O3. The number of carboxylic acids is 1. The van der Waals surface area contributed by atoms with E-state index in [0.717, 1.165) is 25.7 Å². The highest BCUT2D eigenvalue weighted by Gasteiger charge is 2.26. The van der Waals surface area contributed by atoms with Crippen LogP contribution in [0.1, 0.15) is 63.0 Å². The van der Waals surface area contributed by atoms with Gasteiger partial charge in [-0.05, 0) is 55.6 Å². The van der Waals surface area contributed by atoms with Crippen molar-refractivity contribution in [1.82, 2.24) is 10.6 Å². The van der Waals surface area contributed by atoms with Crippen LogP contribution in [-0.2, 0) is 11.2 Å².